The summed E-state index contributed by atoms with van der Waals surface area (Å²) in [6.45, 7) is 3.11. The van der Waals surface area contributed by atoms with Gasteiger partial charge in [-0.3, -0.25) is 4.79 Å². The van der Waals surface area contributed by atoms with Gasteiger partial charge in [-0.25, -0.2) is 17.2 Å². The highest BCUT2D eigenvalue weighted by atomic mass is 35.5. The van der Waals surface area contributed by atoms with Crippen LogP contribution in [0.1, 0.15) is 68.6 Å². The van der Waals surface area contributed by atoms with E-state index in [0.29, 0.717) is 44.3 Å². The number of amides is 1. The molecule has 0 bridgehead atoms. The van der Waals surface area contributed by atoms with E-state index < -0.39 is 45.8 Å². The fraction of sp³-hybridized carbons (Fsp3) is 0.560. The number of aliphatic hydroxyl groups is 2. The predicted octanol–water partition coefficient (Wildman–Crippen LogP) is 4.07. The zero-order valence-corrected chi connectivity index (χ0v) is 22.4. The number of fused-ring (bicyclic) bond motifs is 1. The van der Waals surface area contributed by atoms with Gasteiger partial charge in [-0.05, 0) is 64.5 Å². The Morgan fingerprint density at radius 1 is 1.22 bits per heavy atom. The Hall–Kier alpha value is -2.05. The Bertz CT molecular complexity index is 1300. The summed E-state index contributed by atoms with van der Waals surface area (Å²) in [6, 6.07) is 2.00. The zero-order valence-electron chi connectivity index (χ0n) is 20.8. The minimum atomic E-state index is -4.21. The van der Waals surface area contributed by atoms with E-state index in [-0.39, 0.29) is 33.8 Å². The molecule has 8 nitrogen and oxygen atoms in total. The molecule has 1 fully saturated rings. The van der Waals surface area contributed by atoms with E-state index in [4.69, 9.17) is 11.6 Å². The number of carbonyl (C=O) groups excluding carboxylic acids is 1. The number of halogens is 3. The molecule has 1 saturated heterocycles. The van der Waals surface area contributed by atoms with Crippen LogP contribution in [0.25, 0.3) is 0 Å². The van der Waals surface area contributed by atoms with Crippen LogP contribution >= 0.6 is 11.6 Å². The van der Waals surface area contributed by atoms with Gasteiger partial charge in [-0.2, -0.15) is 4.31 Å². The topological polar surface area (TPSA) is 112 Å². The second-order valence-electron chi connectivity index (χ2n) is 10.3. The number of carbonyl (C=O) groups is 1. The molecule has 3 unspecified atom stereocenters. The normalized spacial score (nSPS) is 22.4. The number of sulfonamides is 1. The molecule has 2 aliphatic rings. The van der Waals surface area contributed by atoms with Gasteiger partial charge in [-0.15, -0.1) is 0 Å². The summed E-state index contributed by atoms with van der Waals surface area (Å²) in [5.74, 6) is -2.92. The van der Waals surface area contributed by atoms with Gasteiger partial charge in [0.05, 0.1) is 17.2 Å². The average molecular weight is 560 g/mol. The summed E-state index contributed by atoms with van der Waals surface area (Å²) < 4.78 is 58.4. The van der Waals surface area contributed by atoms with Crippen molar-refractivity contribution in [2.24, 2.45) is 0 Å². The molecule has 0 radical (unpaired) electrons. The number of benzene rings is 1. The molecule has 3 atom stereocenters. The molecule has 2 aromatic rings. The molecule has 4 rings (SSSR count). The number of rotatable bonds is 7. The van der Waals surface area contributed by atoms with Gasteiger partial charge in [0.15, 0.2) is 11.6 Å². The lowest BCUT2D eigenvalue weighted by Crippen LogP contribution is -2.45. The zero-order chi connectivity index (χ0) is 27.1. The molecule has 0 spiro atoms. The predicted molar refractivity (Wildman–Crippen MR) is 135 cm³/mol. The minimum Gasteiger partial charge on any atom is -0.393 e. The first-order valence-electron chi connectivity index (χ1n) is 12.4. The summed E-state index contributed by atoms with van der Waals surface area (Å²) in [7, 11) is -4.21. The number of hydrogen-bond donors (Lipinski definition) is 3. The second kappa shape index (κ2) is 10.6. The van der Waals surface area contributed by atoms with Crippen molar-refractivity contribution in [2.45, 2.75) is 87.9 Å². The highest BCUT2D eigenvalue weighted by molar-refractivity contribution is 7.89. The van der Waals surface area contributed by atoms with Crippen molar-refractivity contribution < 1.29 is 32.2 Å². The van der Waals surface area contributed by atoms with E-state index in [1.165, 1.54) is 17.3 Å². The van der Waals surface area contributed by atoms with E-state index in [0.717, 1.165) is 18.6 Å². The van der Waals surface area contributed by atoms with E-state index in [1.54, 1.807) is 11.5 Å². The smallest absolute Gasteiger partial charge is 0.273 e. The van der Waals surface area contributed by atoms with Crippen LogP contribution < -0.4 is 5.32 Å². The molecule has 3 heterocycles. The quantitative estimate of drug-likeness (QED) is 0.473. The maximum Gasteiger partial charge on any atom is 0.273 e. The lowest BCUT2D eigenvalue weighted by atomic mass is 9.97. The molecule has 3 N–H and O–H groups in total. The van der Waals surface area contributed by atoms with Crippen LogP contribution in [0.2, 0.25) is 5.02 Å². The van der Waals surface area contributed by atoms with Gasteiger partial charge < -0.3 is 20.1 Å². The number of aliphatic hydroxyl groups excluding tert-OH is 1. The van der Waals surface area contributed by atoms with Crippen molar-refractivity contribution in [1.82, 2.24) is 8.87 Å². The van der Waals surface area contributed by atoms with Crippen LogP contribution in [-0.2, 0) is 23.0 Å². The number of anilines is 1. The molecular formula is C25H32ClF2N3O5S. The largest absolute Gasteiger partial charge is 0.393 e. The molecule has 1 aromatic carbocycles. The lowest BCUT2D eigenvalue weighted by molar-refractivity contribution is -0.0169. The van der Waals surface area contributed by atoms with E-state index in [1.807, 2.05) is 0 Å². The summed E-state index contributed by atoms with van der Waals surface area (Å²) >= 11 is 6.70. The van der Waals surface area contributed by atoms with Crippen LogP contribution in [0.5, 0.6) is 0 Å². The van der Waals surface area contributed by atoms with Crippen LogP contribution in [0.4, 0.5) is 14.5 Å². The lowest BCUT2D eigenvalue weighted by Gasteiger charge is -2.32. The summed E-state index contributed by atoms with van der Waals surface area (Å²) in [5.41, 5.74) is -1.07. The number of aromatic nitrogens is 1. The summed E-state index contributed by atoms with van der Waals surface area (Å²) in [6.07, 6.45) is 3.79. The number of nitrogens with one attached hydrogen (secondary N) is 1. The Morgan fingerprint density at radius 2 is 1.95 bits per heavy atom. The van der Waals surface area contributed by atoms with Crippen molar-refractivity contribution in [3.8, 4) is 0 Å². The first-order chi connectivity index (χ1) is 17.4. The third kappa shape index (κ3) is 5.42. The van der Waals surface area contributed by atoms with Crippen LogP contribution in [0, 0.1) is 11.6 Å². The maximum atomic E-state index is 14.2. The monoisotopic (exact) mass is 559 g/mol. The highest BCUT2D eigenvalue weighted by Crippen LogP contribution is 2.41. The van der Waals surface area contributed by atoms with Gasteiger partial charge in [-0.1, -0.05) is 18.0 Å². The molecule has 204 valence electrons. The molecule has 12 heteroatoms. The van der Waals surface area contributed by atoms with Crippen LogP contribution in [0.15, 0.2) is 23.1 Å². The molecule has 0 aliphatic carbocycles. The molecular weight excluding hydrogens is 528 g/mol. The van der Waals surface area contributed by atoms with Crippen molar-refractivity contribution >= 4 is 33.2 Å². The molecule has 37 heavy (non-hydrogen) atoms. The first kappa shape index (κ1) is 28.0. The van der Waals surface area contributed by atoms with Gasteiger partial charge in [0, 0.05) is 36.1 Å². The summed E-state index contributed by atoms with van der Waals surface area (Å²) in [4.78, 5) is 13.2. The number of hydrogen-bond acceptors (Lipinski definition) is 5. The third-order valence-electron chi connectivity index (χ3n) is 7.22. The fourth-order valence-corrected chi connectivity index (χ4v) is 8.23. The highest BCUT2D eigenvalue weighted by Gasteiger charge is 2.46. The fourth-order valence-electron chi connectivity index (χ4n) is 5.44. The second-order valence-corrected chi connectivity index (χ2v) is 12.4. The van der Waals surface area contributed by atoms with Crippen molar-refractivity contribution in [2.75, 3.05) is 11.9 Å². The SMILES string of the molecule is CC1CCC(CC(C)(O)CO)N1S(=O)(=O)c1c(Cl)c(C(=O)Nc2ccc(F)c(F)c2)n2c1CCCCC2. The minimum absolute atomic E-state index is 0.00742. The molecule has 2 aliphatic heterocycles. The standard InChI is InChI=1S/C25H32ClF2N3O5S/c1-15-7-9-17(13-25(2,34)14-32)31(15)37(35,36)23-20-6-4-3-5-11-30(20)22(21(23)26)24(33)29-16-8-10-18(27)19(28)12-16/h8,10,12,15,17,32,34H,3-7,9,11,13-14H2,1-2H3,(H,29,33). The molecule has 1 aromatic heterocycles. The van der Waals surface area contributed by atoms with Gasteiger partial charge in [0.1, 0.15) is 10.6 Å². The van der Waals surface area contributed by atoms with E-state index in [2.05, 4.69) is 5.32 Å². The third-order valence-corrected chi connectivity index (χ3v) is 9.87. The van der Waals surface area contributed by atoms with Gasteiger partial charge in [0.25, 0.3) is 5.91 Å². The Balaban J connectivity index is 1.79. The Kier molecular flexibility index (Phi) is 8.02. The van der Waals surface area contributed by atoms with Crippen LogP contribution in [-0.4, -0.2) is 57.7 Å². The van der Waals surface area contributed by atoms with Crippen molar-refractivity contribution in [3.63, 3.8) is 0 Å². The van der Waals surface area contributed by atoms with Crippen LogP contribution in [0.3, 0.4) is 0 Å². The van der Waals surface area contributed by atoms with Gasteiger partial charge in [0.2, 0.25) is 10.0 Å². The maximum absolute atomic E-state index is 14.2. The molecule has 1 amide bonds. The first-order valence-corrected chi connectivity index (χ1v) is 14.2. The van der Waals surface area contributed by atoms with Crippen molar-refractivity contribution in [3.05, 3.63) is 46.2 Å². The van der Waals surface area contributed by atoms with Crippen molar-refractivity contribution in [1.29, 1.82) is 0 Å². The Labute approximate surface area is 220 Å². The van der Waals surface area contributed by atoms with E-state index in [9.17, 15) is 32.2 Å². The average Bonchev–Trinajstić information content (AvgIpc) is 3.22. The Morgan fingerprint density at radius 3 is 2.62 bits per heavy atom. The van der Waals surface area contributed by atoms with E-state index >= 15 is 0 Å². The number of nitrogens with zero attached hydrogens (tertiary/aromatic N) is 2. The molecule has 0 saturated carbocycles. The summed E-state index contributed by atoms with van der Waals surface area (Å²) in [5, 5.41) is 22.3. The van der Waals surface area contributed by atoms with Gasteiger partial charge >= 0.3 is 0 Å².